The maximum atomic E-state index is 13.4. The van der Waals surface area contributed by atoms with Crippen LogP contribution in [-0.2, 0) is 9.84 Å². The van der Waals surface area contributed by atoms with E-state index in [0.29, 0.717) is 9.13 Å². The largest absolute Gasteiger partial charge is 0.294 e. The van der Waals surface area contributed by atoms with Crippen molar-refractivity contribution in [2.24, 2.45) is 5.92 Å². The number of halogens is 2. The van der Waals surface area contributed by atoms with Crippen LogP contribution in [0.1, 0.15) is 39.7 Å². The summed E-state index contributed by atoms with van der Waals surface area (Å²) >= 11 is 4.20. The van der Waals surface area contributed by atoms with Gasteiger partial charge < -0.3 is 0 Å². The van der Waals surface area contributed by atoms with Crippen LogP contribution in [0, 0.1) is 13.1 Å². The number of ketones is 1. The summed E-state index contributed by atoms with van der Waals surface area (Å²) in [6, 6.07) is 11.6. The molecule has 1 heterocycles. The van der Waals surface area contributed by atoms with E-state index >= 15 is 0 Å². The summed E-state index contributed by atoms with van der Waals surface area (Å²) in [5.74, 6) is -0.407. The lowest BCUT2D eigenvalue weighted by molar-refractivity contribution is 0.0901. The Bertz CT molecular complexity index is 1030. The first-order chi connectivity index (χ1) is 11.4. The second-order valence-electron chi connectivity index (χ2n) is 6.74. The third-order valence-electron chi connectivity index (χ3n) is 5.71. The summed E-state index contributed by atoms with van der Waals surface area (Å²) in [5, 5.41) is -0.592. The molecular weight excluding hydrogens is 550 g/mol. The Morgan fingerprint density at radius 1 is 1.00 bits per heavy atom. The number of fused-ring (bicyclic) bond motifs is 9. The molecule has 1 saturated carbocycles. The Balaban J connectivity index is 1.81. The van der Waals surface area contributed by atoms with Gasteiger partial charge >= 0.3 is 0 Å². The molecule has 5 rings (SSSR count). The lowest BCUT2D eigenvalue weighted by Crippen LogP contribution is -2.43. The predicted octanol–water partition coefficient (Wildman–Crippen LogP) is 4.14. The molecule has 0 spiro atoms. The minimum Gasteiger partial charge on any atom is -0.294 e. The van der Waals surface area contributed by atoms with E-state index in [-0.39, 0.29) is 22.5 Å². The van der Waals surface area contributed by atoms with Crippen LogP contribution in [-0.4, -0.2) is 19.5 Å². The fourth-order valence-electron chi connectivity index (χ4n) is 4.93. The highest BCUT2D eigenvalue weighted by molar-refractivity contribution is 14.1. The Hall–Kier alpha value is -0.480. The molecule has 0 aromatic heterocycles. The van der Waals surface area contributed by atoms with Gasteiger partial charge in [-0.3, -0.25) is 4.79 Å². The number of benzene rings is 2. The van der Waals surface area contributed by atoms with Crippen LogP contribution in [0.4, 0.5) is 0 Å². The van der Waals surface area contributed by atoms with Crippen molar-refractivity contribution in [2.45, 2.75) is 28.4 Å². The van der Waals surface area contributed by atoms with Gasteiger partial charge in [0.2, 0.25) is 0 Å². The van der Waals surface area contributed by atoms with Gasteiger partial charge in [0.05, 0.1) is 10.1 Å². The molecule has 2 aromatic carbocycles. The van der Waals surface area contributed by atoms with E-state index in [1.807, 2.05) is 24.3 Å². The summed E-state index contributed by atoms with van der Waals surface area (Å²) in [4.78, 5) is 13.5. The van der Waals surface area contributed by atoms with Crippen LogP contribution >= 0.6 is 45.2 Å². The van der Waals surface area contributed by atoms with Gasteiger partial charge in [-0.2, -0.15) is 0 Å². The second-order valence-corrected chi connectivity index (χ2v) is 11.2. The highest BCUT2D eigenvalue weighted by atomic mass is 127. The maximum absolute atomic E-state index is 13.4. The number of hydrogen-bond acceptors (Lipinski definition) is 3. The average molecular weight is 562 g/mol. The van der Waals surface area contributed by atoms with Crippen molar-refractivity contribution in [3.8, 4) is 0 Å². The lowest BCUT2D eigenvalue weighted by atomic mass is 9.79. The predicted molar refractivity (Wildman–Crippen MR) is 107 cm³/mol. The van der Waals surface area contributed by atoms with Gasteiger partial charge in [-0.25, -0.2) is 8.42 Å². The average Bonchev–Trinajstić information content (AvgIpc) is 3.09. The van der Waals surface area contributed by atoms with Crippen molar-refractivity contribution in [1.29, 1.82) is 0 Å². The first kappa shape index (κ1) is 15.7. The van der Waals surface area contributed by atoms with Crippen molar-refractivity contribution >= 4 is 60.8 Å². The van der Waals surface area contributed by atoms with Crippen molar-refractivity contribution in [3.63, 3.8) is 0 Å². The Morgan fingerprint density at radius 3 is 2.38 bits per heavy atom. The molecule has 122 valence electrons. The lowest BCUT2D eigenvalue weighted by Gasteiger charge is -2.36. The summed E-state index contributed by atoms with van der Waals surface area (Å²) in [6.07, 6.45) is 0.779. The molecular formula is C18H12I2O3S. The van der Waals surface area contributed by atoms with Gasteiger partial charge in [0, 0.05) is 24.5 Å². The zero-order chi connectivity index (χ0) is 16.8. The number of Topliss-reactive ketones (excluding diaryl/α,β-unsaturated/α-hetero) is 1. The van der Waals surface area contributed by atoms with Crippen LogP contribution in [0.3, 0.4) is 0 Å². The number of carbonyl (C=O) groups is 1. The molecule has 0 radical (unpaired) electrons. The molecule has 1 aliphatic heterocycles. The molecule has 2 aliphatic carbocycles. The SMILES string of the molecule is O=C1c2cc(I)cc(I)c2S(=O)(=O)C2C3CC(c4ccccc43)C12. The fourth-order valence-corrected chi connectivity index (χ4v) is 10.2. The molecule has 0 saturated heterocycles. The van der Waals surface area contributed by atoms with E-state index in [4.69, 9.17) is 0 Å². The molecule has 4 atom stereocenters. The van der Waals surface area contributed by atoms with Crippen LogP contribution in [0.25, 0.3) is 0 Å². The first-order valence-corrected chi connectivity index (χ1v) is 11.5. The molecule has 1 fully saturated rings. The standard InChI is InChI=1S/C18H12I2O3S/c19-8-5-13-16(21)15-11-7-12(10-4-2-1-3-9(10)11)18(15)24(22,23)17(13)14(20)6-8/h1-6,11-12,15,18H,7H2. The molecule has 4 unspecified atom stereocenters. The number of sulfone groups is 1. The van der Waals surface area contributed by atoms with E-state index < -0.39 is 21.0 Å². The Kier molecular flexibility index (Phi) is 3.30. The highest BCUT2D eigenvalue weighted by Gasteiger charge is 2.61. The number of rotatable bonds is 0. The van der Waals surface area contributed by atoms with Gasteiger partial charge in [-0.1, -0.05) is 24.3 Å². The van der Waals surface area contributed by atoms with Crippen molar-refractivity contribution in [2.75, 3.05) is 0 Å². The molecule has 3 nitrogen and oxygen atoms in total. The Labute approximate surface area is 167 Å². The van der Waals surface area contributed by atoms with E-state index in [2.05, 4.69) is 51.2 Å². The highest BCUT2D eigenvalue weighted by Crippen LogP contribution is 2.61. The minimum absolute atomic E-state index is 0.0169. The van der Waals surface area contributed by atoms with E-state index in [1.54, 1.807) is 6.07 Å². The third-order valence-corrected chi connectivity index (χ3v) is 9.89. The molecule has 0 N–H and O–H groups in total. The summed E-state index contributed by atoms with van der Waals surface area (Å²) in [6.45, 7) is 0. The van der Waals surface area contributed by atoms with Gasteiger partial charge in [0.15, 0.2) is 15.6 Å². The molecule has 0 amide bonds. The van der Waals surface area contributed by atoms with Crippen molar-refractivity contribution in [3.05, 3.63) is 60.2 Å². The van der Waals surface area contributed by atoms with Crippen LogP contribution < -0.4 is 0 Å². The van der Waals surface area contributed by atoms with E-state index in [0.717, 1.165) is 15.6 Å². The zero-order valence-corrected chi connectivity index (χ0v) is 17.5. The van der Waals surface area contributed by atoms with Crippen LogP contribution in [0.2, 0.25) is 0 Å². The maximum Gasteiger partial charge on any atom is 0.184 e. The number of hydrogen-bond donors (Lipinski definition) is 0. The topological polar surface area (TPSA) is 51.2 Å². The normalized spacial score (nSPS) is 31.5. The van der Waals surface area contributed by atoms with Gasteiger partial charge in [-0.05, 0) is 80.8 Å². The molecule has 2 aromatic rings. The van der Waals surface area contributed by atoms with Gasteiger partial charge in [-0.15, -0.1) is 0 Å². The number of carbonyl (C=O) groups excluding carboxylic acids is 1. The molecule has 2 bridgehead atoms. The van der Waals surface area contributed by atoms with E-state index in [9.17, 15) is 13.2 Å². The van der Waals surface area contributed by atoms with Crippen LogP contribution in [0.15, 0.2) is 41.3 Å². The smallest absolute Gasteiger partial charge is 0.184 e. The van der Waals surface area contributed by atoms with Gasteiger partial charge in [0.25, 0.3) is 0 Å². The first-order valence-electron chi connectivity index (χ1n) is 7.77. The third kappa shape index (κ3) is 1.82. The quantitative estimate of drug-likeness (QED) is 0.454. The summed E-state index contributed by atoms with van der Waals surface area (Å²) < 4.78 is 28.4. The minimum atomic E-state index is -3.51. The molecule has 6 heteroatoms. The van der Waals surface area contributed by atoms with E-state index in [1.165, 1.54) is 5.56 Å². The Morgan fingerprint density at radius 2 is 1.67 bits per heavy atom. The summed E-state index contributed by atoms with van der Waals surface area (Å²) in [5.41, 5.74) is 2.71. The van der Waals surface area contributed by atoms with Crippen molar-refractivity contribution in [1.82, 2.24) is 0 Å². The molecule has 24 heavy (non-hydrogen) atoms. The zero-order valence-electron chi connectivity index (χ0n) is 12.4. The monoisotopic (exact) mass is 562 g/mol. The van der Waals surface area contributed by atoms with Crippen LogP contribution in [0.5, 0.6) is 0 Å². The van der Waals surface area contributed by atoms with Gasteiger partial charge in [0.1, 0.15) is 0 Å². The fraction of sp³-hybridized carbons (Fsp3) is 0.278. The van der Waals surface area contributed by atoms with Crippen molar-refractivity contribution < 1.29 is 13.2 Å². The molecule has 3 aliphatic rings. The summed E-state index contributed by atoms with van der Waals surface area (Å²) in [7, 11) is -3.51. The second kappa shape index (κ2) is 5.03.